The lowest BCUT2D eigenvalue weighted by Crippen LogP contribution is -2.33. The average molecular weight is 280 g/mol. The van der Waals surface area contributed by atoms with E-state index in [1.54, 1.807) is 6.92 Å². The molecule has 6 atom stereocenters. The van der Waals surface area contributed by atoms with Crippen LogP contribution < -0.4 is 0 Å². The summed E-state index contributed by atoms with van der Waals surface area (Å²) in [5.74, 6) is -0.327. The Morgan fingerprint density at radius 3 is 2.75 bits per heavy atom. The Labute approximate surface area is 117 Å². The van der Waals surface area contributed by atoms with E-state index in [1.807, 2.05) is 6.92 Å². The maximum atomic E-state index is 11.8. The molecule has 3 aliphatic heterocycles. The molecular weight excluding hydrogens is 260 g/mol. The second-order valence-electron chi connectivity index (χ2n) is 6.93. The summed E-state index contributed by atoms with van der Waals surface area (Å²) in [6.45, 7) is 5.79. The molecule has 2 saturated heterocycles. The molecule has 5 heteroatoms. The number of hydrogen-bond donors (Lipinski definition) is 1. The second-order valence-corrected chi connectivity index (χ2v) is 6.93. The summed E-state index contributed by atoms with van der Waals surface area (Å²) in [5, 5.41) is 10.6. The number of carbonyl (C=O) groups is 1. The molecule has 1 saturated carbocycles. The van der Waals surface area contributed by atoms with Crippen LogP contribution in [-0.2, 0) is 19.0 Å². The van der Waals surface area contributed by atoms with Crippen molar-refractivity contribution in [2.75, 3.05) is 0 Å². The van der Waals surface area contributed by atoms with Gasteiger partial charge in [0.05, 0.1) is 17.3 Å². The van der Waals surface area contributed by atoms with E-state index in [4.69, 9.17) is 14.2 Å². The van der Waals surface area contributed by atoms with Gasteiger partial charge in [-0.1, -0.05) is 0 Å². The zero-order valence-corrected chi connectivity index (χ0v) is 12.0. The first kappa shape index (κ1) is 12.8. The minimum Gasteiger partial charge on any atom is -0.454 e. The number of ether oxygens (including phenoxy) is 3. The van der Waals surface area contributed by atoms with Crippen LogP contribution >= 0.6 is 0 Å². The molecular formula is C15H20O5. The standard InChI is InChI=1S/C15H20O5/c1-7-10-8(18-13(7)17)6-15(3)9(19-15)4-5-14(2)12(20-14)11(10)16/h8-9,11-12,16H,4-6H2,1-3H3/t8-,9-,11+,12+,14+,15-/m0/s1. The molecule has 0 radical (unpaired) electrons. The van der Waals surface area contributed by atoms with Crippen molar-refractivity contribution in [3.8, 4) is 0 Å². The first-order chi connectivity index (χ1) is 9.34. The van der Waals surface area contributed by atoms with E-state index in [0.29, 0.717) is 17.6 Å². The molecule has 110 valence electrons. The molecule has 3 heterocycles. The Hall–Kier alpha value is -0.910. The maximum absolute atomic E-state index is 11.8. The van der Waals surface area contributed by atoms with Gasteiger partial charge in [-0.3, -0.25) is 0 Å². The highest BCUT2D eigenvalue weighted by molar-refractivity contribution is 5.92. The third kappa shape index (κ3) is 1.63. The molecule has 0 aromatic rings. The molecule has 1 N–H and O–H groups in total. The van der Waals surface area contributed by atoms with E-state index in [1.165, 1.54) is 0 Å². The summed E-state index contributed by atoms with van der Waals surface area (Å²) in [5.41, 5.74) is 0.689. The molecule has 0 aromatic carbocycles. The zero-order valence-electron chi connectivity index (χ0n) is 12.0. The minimum atomic E-state index is -0.754. The quantitative estimate of drug-likeness (QED) is 0.531. The van der Waals surface area contributed by atoms with Gasteiger partial charge in [0, 0.05) is 17.6 Å². The summed E-state index contributed by atoms with van der Waals surface area (Å²) >= 11 is 0. The Bertz CT molecular complexity index is 526. The van der Waals surface area contributed by atoms with E-state index in [0.717, 1.165) is 12.8 Å². The van der Waals surface area contributed by atoms with Gasteiger partial charge >= 0.3 is 5.97 Å². The van der Waals surface area contributed by atoms with Crippen molar-refractivity contribution in [2.24, 2.45) is 0 Å². The summed E-state index contributed by atoms with van der Waals surface area (Å²) < 4.78 is 17.0. The fourth-order valence-corrected chi connectivity index (χ4v) is 3.84. The Kier molecular flexibility index (Phi) is 2.33. The van der Waals surface area contributed by atoms with Gasteiger partial charge in [0.25, 0.3) is 0 Å². The predicted octanol–water partition coefficient (Wildman–Crippen LogP) is 1.09. The van der Waals surface area contributed by atoms with E-state index in [9.17, 15) is 9.90 Å². The van der Waals surface area contributed by atoms with Gasteiger partial charge in [-0.15, -0.1) is 0 Å². The number of esters is 1. The summed E-state index contributed by atoms with van der Waals surface area (Å²) in [6.07, 6.45) is 1.27. The number of aliphatic hydroxyl groups is 1. The van der Waals surface area contributed by atoms with Crippen molar-refractivity contribution < 1.29 is 24.1 Å². The largest absolute Gasteiger partial charge is 0.454 e. The van der Waals surface area contributed by atoms with Crippen LogP contribution in [0.1, 0.15) is 40.0 Å². The molecule has 3 fully saturated rings. The number of aliphatic hydroxyl groups excluding tert-OH is 1. The molecule has 0 amide bonds. The van der Waals surface area contributed by atoms with E-state index in [-0.39, 0.29) is 35.5 Å². The van der Waals surface area contributed by atoms with Gasteiger partial charge in [-0.2, -0.15) is 0 Å². The molecule has 0 unspecified atom stereocenters. The monoisotopic (exact) mass is 280 g/mol. The number of rotatable bonds is 0. The highest BCUT2D eigenvalue weighted by atomic mass is 16.6. The molecule has 20 heavy (non-hydrogen) atoms. The molecule has 1 aliphatic carbocycles. The Morgan fingerprint density at radius 2 is 2.00 bits per heavy atom. The summed E-state index contributed by atoms with van der Waals surface area (Å²) in [7, 11) is 0. The predicted molar refractivity (Wildman–Crippen MR) is 69.0 cm³/mol. The van der Waals surface area contributed by atoms with Crippen LogP contribution in [0.15, 0.2) is 11.1 Å². The topological polar surface area (TPSA) is 71.6 Å². The van der Waals surface area contributed by atoms with Gasteiger partial charge in [-0.25, -0.2) is 4.79 Å². The van der Waals surface area contributed by atoms with Gasteiger partial charge in [0.2, 0.25) is 0 Å². The minimum absolute atomic E-state index is 0.209. The van der Waals surface area contributed by atoms with Crippen LogP contribution in [0.25, 0.3) is 0 Å². The molecule has 0 spiro atoms. The first-order valence-corrected chi connectivity index (χ1v) is 7.29. The third-order valence-electron chi connectivity index (χ3n) is 5.41. The van der Waals surface area contributed by atoms with Crippen molar-refractivity contribution in [2.45, 2.75) is 75.7 Å². The molecule has 4 aliphatic rings. The van der Waals surface area contributed by atoms with Crippen LogP contribution in [0, 0.1) is 0 Å². The zero-order chi connectivity index (χ0) is 14.3. The van der Waals surface area contributed by atoms with Crippen molar-refractivity contribution in [3.63, 3.8) is 0 Å². The number of carbonyl (C=O) groups excluding carboxylic acids is 1. The van der Waals surface area contributed by atoms with Crippen LogP contribution in [0.2, 0.25) is 0 Å². The number of epoxide rings is 2. The normalized spacial score (nSPS) is 53.7. The van der Waals surface area contributed by atoms with Gasteiger partial charge in [0.1, 0.15) is 18.3 Å². The van der Waals surface area contributed by atoms with E-state index < -0.39 is 6.10 Å². The van der Waals surface area contributed by atoms with Crippen molar-refractivity contribution >= 4 is 5.97 Å². The highest BCUT2D eigenvalue weighted by Gasteiger charge is 2.63. The van der Waals surface area contributed by atoms with Crippen LogP contribution in [-0.4, -0.2) is 46.7 Å². The summed E-state index contributed by atoms with van der Waals surface area (Å²) in [4.78, 5) is 11.8. The first-order valence-electron chi connectivity index (χ1n) is 7.29. The van der Waals surface area contributed by atoms with E-state index in [2.05, 4.69) is 6.92 Å². The highest BCUT2D eigenvalue weighted by Crippen LogP contribution is 2.53. The molecule has 4 rings (SSSR count). The Morgan fingerprint density at radius 1 is 1.25 bits per heavy atom. The van der Waals surface area contributed by atoms with Crippen molar-refractivity contribution in [1.29, 1.82) is 0 Å². The second kappa shape index (κ2) is 3.64. The van der Waals surface area contributed by atoms with Crippen LogP contribution in [0.3, 0.4) is 0 Å². The summed E-state index contributed by atoms with van der Waals surface area (Å²) in [6, 6.07) is 0. The average Bonchev–Trinajstić information content (AvgIpc) is 3.19. The molecule has 0 bridgehead atoms. The lowest BCUT2D eigenvalue weighted by molar-refractivity contribution is -0.140. The van der Waals surface area contributed by atoms with Crippen molar-refractivity contribution in [3.05, 3.63) is 11.1 Å². The van der Waals surface area contributed by atoms with Gasteiger partial charge in [-0.05, 0) is 33.6 Å². The fourth-order valence-electron chi connectivity index (χ4n) is 3.84. The maximum Gasteiger partial charge on any atom is 0.334 e. The Balaban J connectivity index is 1.71. The van der Waals surface area contributed by atoms with Gasteiger partial charge < -0.3 is 19.3 Å². The smallest absolute Gasteiger partial charge is 0.334 e. The fraction of sp³-hybridized carbons (Fsp3) is 0.800. The lowest BCUT2D eigenvalue weighted by atomic mass is 9.84. The van der Waals surface area contributed by atoms with E-state index >= 15 is 0 Å². The molecule has 0 aromatic heterocycles. The van der Waals surface area contributed by atoms with Crippen LogP contribution in [0.5, 0.6) is 0 Å². The van der Waals surface area contributed by atoms with Crippen LogP contribution in [0.4, 0.5) is 0 Å². The SMILES string of the molecule is CC1=C2[C@H](C[C@]3(C)O[C@H]3CC[C@@]3(C)O[C@@H]3[C@@H]2O)OC1=O. The molecule has 5 nitrogen and oxygen atoms in total. The third-order valence-corrected chi connectivity index (χ3v) is 5.41. The number of hydrogen-bond acceptors (Lipinski definition) is 5. The van der Waals surface area contributed by atoms with Crippen molar-refractivity contribution in [1.82, 2.24) is 0 Å². The lowest BCUT2D eigenvalue weighted by Gasteiger charge is -2.22. The van der Waals surface area contributed by atoms with Gasteiger partial charge in [0.15, 0.2) is 0 Å². The number of fused-ring (bicyclic) bond motifs is 3.